The number of aryl methyl sites for hydroxylation is 1. The van der Waals surface area contributed by atoms with Gasteiger partial charge in [-0.25, -0.2) is 16.9 Å². The zero-order chi connectivity index (χ0) is 30.6. The third-order valence-electron chi connectivity index (χ3n) is 7.74. The number of carbonyl (C=O) groups excluding carboxylic acids is 1. The molecule has 10 heteroatoms. The summed E-state index contributed by atoms with van der Waals surface area (Å²) in [5.74, 6) is -3.73. The fourth-order valence-electron chi connectivity index (χ4n) is 5.21. The lowest BCUT2D eigenvalue weighted by Crippen LogP contribution is -2.47. The van der Waals surface area contributed by atoms with E-state index in [2.05, 4.69) is 30.4 Å². The van der Waals surface area contributed by atoms with Gasteiger partial charge in [-0.3, -0.25) is 9.69 Å². The van der Waals surface area contributed by atoms with E-state index in [9.17, 15) is 23.2 Å². The molecule has 0 aliphatic carbocycles. The van der Waals surface area contributed by atoms with Crippen LogP contribution >= 0.6 is 12.5 Å². The second-order valence-corrected chi connectivity index (χ2v) is 11.4. The molecule has 0 spiro atoms. The first kappa shape index (κ1) is 34.7. The molecule has 0 atom stereocenters. The number of thiol groups is 1. The van der Waals surface area contributed by atoms with Gasteiger partial charge in [-0.05, 0) is 81.6 Å². The number of halogens is 3. The molecule has 5 nitrogen and oxygen atoms in total. The van der Waals surface area contributed by atoms with Crippen molar-refractivity contribution in [3.63, 3.8) is 0 Å². The molecular formula is C31H42BF3N2O3S. The Labute approximate surface area is 248 Å². The monoisotopic (exact) mass is 590 g/mol. The minimum Gasteiger partial charge on any atom is -0.492 e. The van der Waals surface area contributed by atoms with E-state index in [1.807, 2.05) is 19.1 Å². The molecule has 0 radical (unpaired) electrons. The summed E-state index contributed by atoms with van der Waals surface area (Å²) in [5, 5.41) is 17.5. The number of Topliss-reactive ketones (excluding diaryl/α,β-unsaturated/α-hetero) is 1. The highest BCUT2D eigenvalue weighted by Gasteiger charge is 2.41. The summed E-state index contributed by atoms with van der Waals surface area (Å²) in [5.41, 5.74) is 1.70. The molecule has 0 amide bonds. The molecule has 0 unspecified atom stereocenters. The van der Waals surface area contributed by atoms with E-state index in [0.29, 0.717) is 44.6 Å². The number of rotatable bonds is 12. The van der Waals surface area contributed by atoms with E-state index in [1.165, 1.54) is 18.6 Å². The smallest absolute Gasteiger partial charge is 0.300 e. The maximum Gasteiger partial charge on any atom is 0.300 e. The number of aliphatic hydroxyl groups is 1. The van der Waals surface area contributed by atoms with Gasteiger partial charge in [-0.2, -0.15) is 14.0 Å². The van der Waals surface area contributed by atoms with E-state index in [0.717, 1.165) is 24.0 Å². The highest BCUT2D eigenvalue weighted by molar-refractivity contribution is 8.11. The number of unbranched alkanes of at least 4 members (excludes halogenated alkanes) is 2. The van der Waals surface area contributed by atoms with Crippen molar-refractivity contribution in [3.8, 4) is 11.8 Å². The number of aliphatic hydroxyl groups excluding tert-OH is 1. The number of benzene rings is 2. The zero-order valence-electron chi connectivity index (χ0n) is 24.6. The minimum atomic E-state index is -3.60. The van der Waals surface area contributed by atoms with Crippen LogP contribution in [0.2, 0.25) is 6.82 Å². The number of hydrogen-bond acceptors (Lipinski definition) is 6. The van der Waals surface area contributed by atoms with Crippen molar-refractivity contribution < 1.29 is 27.8 Å². The summed E-state index contributed by atoms with van der Waals surface area (Å²) in [6.45, 7) is 8.08. The van der Waals surface area contributed by atoms with Crippen molar-refractivity contribution in [3.05, 3.63) is 58.7 Å². The molecule has 1 N–H and O–H groups in total. The fraction of sp³-hybridized carbons (Fsp3) is 0.548. The molecule has 1 fully saturated rings. The first-order chi connectivity index (χ1) is 19.4. The number of nitriles is 1. The SMILES string of the molecule is CB(S)c1ccc(OCCN2CCC(C(C)=O)(c3cc(C#N)ccc3C)CC2)cc1C(F)(F)CF.CCCCCO. The number of hydrogen-bond donors (Lipinski definition) is 2. The lowest BCUT2D eigenvalue weighted by atomic mass is 9.68. The van der Waals surface area contributed by atoms with Gasteiger partial charge >= 0.3 is 5.92 Å². The summed E-state index contributed by atoms with van der Waals surface area (Å²) in [6.07, 6.45) is 4.58. The normalized spacial score (nSPS) is 14.9. The van der Waals surface area contributed by atoms with Crippen molar-refractivity contribution in [2.45, 2.75) is 71.0 Å². The van der Waals surface area contributed by atoms with Crippen LogP contribution in [0.25, 0.3) is 0 Å². The summed E-state index contributed by atoms with van der Waals surface area (Å²) < 4.78 is 47.0. The minimum absolute atomic E-state index is 0.0893. The summed E-state index contributed by atoms with van der Waals surface area (Å²) >= 11 is 4.23. The van der Waals surface area contributed by atoms with Crippen LogP contribution in [0.1, 0.15) is 68.2 Å². The third-order valence-corrected chi connectivity index (χ3v) is 8.02. The Kier molecular flexibility index (Phi) is 13.8. The van der Waals surface area contributed by atoms with Crippen molar-refractivity contribution in [2.24, 2.45) is 0 Å². The van der Waals surface area contributed by atoms with Gasteiger partial charge in [-0.1, -0.05) is 44.2 Å². The molecule has 0 bridgehead atoms. The number of piperidine rings is 1. The molecule has 1 saturated heterocycles. The third kappa shape index (κ3) is 9.26. The summed E-state index contributed by atoms with van der Waals surface area (Å²) in [6, 6.07) is 11.9. The van der Waals surface area contributed by atoms with E-state index in [-0.39, 0.29) is 23.6 Å². The van der Waals surface area contributed by atoms with Crippen LogP contribution in [0.15, 0.2) is 36.4 Å². The number of carbonyl (C=O) groups is 1. The number of nitrogens with zero attached hydrogens (tertiary/aromatic N) is 2. The van der Waals surface area contributed by atoms with Crippen molar-refractivity contribution in [1.29, 1.82) is 5.26 Å². The van der Waals surface area contributed by atoms with Gasteiger partial charge in [-0.15, -0.1) is 0 Å². The van der Waals surface area contributed by atoms with Crippen LogP contribution in [0.5, 0.6) is 5.75 Å². The Hall–Kier alpha value is -2.48. The summed E-state index contributed by atoms with van der Waals surface area (Å²) in [7, 11) is 0. The first-order valence-electron chi connectivity index (χ1n) is 14.2. The molecule has 224 valence electrons. The molecule has 1 aliphatic heterocycles. The van der Waals surface area contributed by atoms with Crippen molar-refractivity contribution >= 4 is 29.7 Å². The van der Waals surface area contributed by atoms with E-state index < -0.39 is 29.6 Å². The van der Waals surface area contributed by atoms with Gasteiger partial charge in [0.05, 0.1) is 17.0 Å². The van der Waals surface area contributed by atoms with E-state index >= 15 is 0 Å². The maximum absolute atomic E-state index is 14.1. The number of alkyl halides is 3. The lowest BCUT2D eigenvalue weighted by Gasteiger charge is -2.41. The van der Waals surface area contributed by atoms with Crippen molar-refractivity contribution in [2.75, 3.05) is 39.5 Å². The van der Waals surface area contributed by atoms with Crippen LogP contribution in [0.4, 0.5) is 13.2 Å². The van der Waals surface area contributed by atoms with Gasteiger partial charge in [0.25, 0.3) is 0 Å². The second-order valence-electron chi connectivity index (χ2n) is 10.7. The molecule has 0 aromatic heterocycles. The van der Waals surface area contributed by atoms with E-state index in [4.69, 9.17) is 9.84 Å². The van der Waals surface area contributed by atoms with Crippen LogP contribution < -0.4 is 10.2 Å². The highest BCUT2D eigenvalue weighted by atomic mass is 32.1. The zero-order valence-corrected chi connectivity index (χ0v) is 25.5. The fourth-order valence-corrected chi connectivity index (χ4v) is 5.43. The predicted molar refractivity (Wildman–Crippen MR) is 163 cm³/mol. The van der Waals surface area contributed by atoms with Gasteiger partial charge in [0.2, 0.25) is 5.99 Å². The molecule has 3 rings (SSSR count). The Morgan fingerprint density at radius 2 is 1.90 bits per heavy atom. The van der Waals surface area contributed by atoms with E-state index in [1.54, 1.807) is 25.9 Å². The Morgan fingerprint density at radius 3 is 2.41 bits per heavy atom. The van der Waals surface area contributed by atoms with Gasteiger partial charge in [0.1, 0.15) is 18.1 Å². The Morgan fingerprint density at radius 1 is 1.22 bits per heavy atom. The Balaban J connectivity index is 0.000000883. The standard InChI is InChI=1S/C26H30BF3N2O2S.C5H12O/c1-18-4-5-20(16-31)14-22(18)25(19(2)33)8-10-32(11-9-25)12-13-34-21-6-7-24(27(3)35)23(15-21)26(29,30)17-28;1-2-3-4-5-6/h4-7,14-15,35H,8-13,17H2,1-3H3;6H,2-5H2,1H3. The van der Waals surface area contributed by atoms with Crippen LogP contribution in [0.3, 0.4) is 0 Å². The van der Waals surface area contributed by atoms with Gasteiger partial charge in [0, 0.05) is 18.7 Å². The first-order valence-corrected chi connectivity index (χ1v) is 14.7. The molecular weight excluding hydrogens is 548 g/mol. The number of ether oxygens (including phenoxy) is 1. The molecule has 0 saturated carbocycles. The van der Waals surface area contributed by atoms with Gasteiger partial charge in [0.15, 0.2) is 6.67 Å². The topological polar surface area (TPSA) is 73.6 Å². The molecule has 2 aromatic carbocycles. The average Bonchev–Trinajstić information content (AvgIpc) is 2.96. The molecule has 1 heterocycles. The maximum atomic E-state index is 14.1. The number of likely N-dealkylation sites (tertiary alicyclic amines) is 1. The molecule has 41 heavy (non-hydrogen) atoms. The van der Waals surface area contributed by atoms with Crippen molar-refractivity contribution in [1.82, 2.24) is 4.90 Å². The average molecular weight is 591 g/mol. The quantitative estimate of drug-likeness (QED) is 0.184. The van der Waals surface area contributed by atoms with Crippen LogP contribution in [-0.4, -0.2) is 61.3 Å². The van der Waals surface area contributed by atoms with Crippen LogP contribution in [-0.2, 0) is 16.1 Å². The van der Waals surface area contributed by atoms with Gasteiger partial charge < -0.3 is 9.84 Å². The predicted octanol–water partition coefficient (Wildman–Crippen LogP) is 5.86. The summed E-state index contributed by atoms with van der Waals surface area (Å²) in [4.78, 5) is 14.9. The molecule has 2 aromatic rings. The lowest BCUT2D eigenvalue weighted by molar-refractivity contribution is -0.124. The number of ketones is 1. The van der Waals surface area contributed by atoms with Crippen LogP contribution in [0, 0.1) is 18.3 Å². The molecule has 1 aliphatic rings. The largest absolute Gasteiger partial charge is 0.492 e. The second kappa shape index (κ2) is 16.2. The Bertz CT molecular complexity index is 1180. The highest BCUT2D eigenvalue weighted by Crippen LogP contribution is 2.38.